The zero-order valence-electron chi connectivity index (χ0n) is 11.1. The maximum Gasteiger partial charge on any atom is 0.227 e. The molecule has 1 heterocycles. The van der Waals surface area contributed by atoms with Gasteiger partial charge in [-0.2, -0.15) is 0 Å². The molecule has 1 fully saturated rings. The first-order valence-corrected chi connectivity index (χ1v) is 6.38. The topological polar surface area (TPSA) is 73.6 Å². The smallest absolute Gasteiger partial charge is 0.227 e. The van der Waals surface area contributed by atoms with Crippen LogP contribution in [0, 0.1) is 5.92 Å². The number of amides is 1. The highest BCUT2D eigenvalue weighted by Gasteiger charge is 2.30. The fraction of sp³-hybridized carbons (Fsp3) is 0.500. The first kappa shape index (κ1) is 14.0. The van der Waals surface area contributed by atoms with Crippen LogP contribution in [0.15, 0.2) is 24.3 Å². The van der Waals surface area contributed by atoms with Crippen molar-refractivity contribution in [3.05, 3.63) is 35.4 Å². The molecule has 0 aromatic heterocycles. The van der Waals surface area contributed by atoms with Gasteiger partial charge in [0, 0.05) is 19.7 Å². The van der Waals surface area contributed by atoms with Crippen molar-refractivity contribution in [1.29, 1.82) is 0 Å². The second-order valence-electron chi connectivity index (χ2n) is 4.78. The maximum absolute atomic E-state index is 11.9. The van der Waals surface area contributed by atoms with Crippen LogP contribution in [0.4, 0.5) is 0 Å². The van der Waals surface area contributed by atoms with Crippen molar-refractivity contribution in [3.8, 4) is 0 Å². The summed E-state index contributed by atoms with van der Waals surface area (Å²) >= 11 is 0. The number of methoxy groups -OCH3 is 1. The number of nitrogens with one attached hydrogen (secondary N) is 1. The predicted molar refractivity (Wildman–Crippen MR) is 71.3 cm³/mol. The molecule has 0 saturated carbocycles. The number of hydrogen-bond donors (Lipinski definition) is 2. The van der Waals surface area contributed by atoms with E-state index >= 15 is 0 Å². The molecule has 104 valence electrons. The summed E-state index contributed by atoms with van der Waals surface area (Å²) < 4.78 is 10.3. The van der Waals surface area contributed by atoms with E-state index < -0.39 is 0 Å². The molecule has 1 amide bonds. The van der Waals surface area contributed by atoms with E-state index in [1.165, 1.54) is 0 Å². The largest absolute Gasteiger partial charge is 0.380 e. The SMILES string of the molecule is COCc1cccc(CNC(=O)C2COCC2N)c1. The summed E-state index contributed by atoms with van der Waals surface area (Å²) in [6.07, 6.45) is 0. The van der Waals surface area contributed by atoms with Crippen molar-refractivity contribution in [2.24, 2.45) is 11.7 Å². The molecule has 2 atom stereocenters. The Balaban J connectivity index is 1.87. The first-order valence-electron chi connectivity index (χ1n) is 6.38. The Morgan fingerprint density at radius 3 is 2.95 bits per heavy atom. The average Bonchev–Trinajstić information content (AvgIpc) is 2.83. The molecule has 0 aliphatic carbocycles. The fourth-order valence-corrected chi connectivity index (χ4v) is 2.16. The highest BCUT2D eigenvalue weighted by Crippen LogP contribution is 2.12. The quantitative estimate of drug-likeness (QED) is 0.808. The summed E-state index contributed by atoms with van der Waals surface area (Å²) in [5.41, 5.74) is 7.95. The number of ether oxygens (including phenoxy) is 2. The Kier molecular flexibility index (Phi) is 4.90. The van der Waals surface area contributed by atoms with Gasteiger partial charge in [-0.15, -0.1) is 0 Å². The van der Waals surface area contributed by atoms with Gasteiger partial charge in [0.25, 0.3) is 0 Å². The van der Waals surface area contributed by atoms with Crippen LogP contribution in [-0.4, -0.2) is 32.3 Å². The normalized spacial score (nSPS) is 22.4. The van der Waals surface area contributed by atoms with Gasteiger partial charge in [-0.25, -0.2) is 0 Å². The lowest BCUT2D eigenvalue weighted by molar-refractivity contribution is -0.125. The molecule has 1 aromatic rings. The molecule has 1 aromatic carbocycles. The number of benzene rings is 1. The van der Waals surface area contributed by atoms with Gasteiger partial charge in [-0.1, -0.05) is 24.3 Å². The van der Waals surface area contributed by atoms with Gasteiger partial charge in [0.15, 0.2) is 0 Å². The summed E-state index contributed by atoms with van der Waals surface area (Å²) in [4.78, 5) is 11.9. The van der Waals surface area contributed by atoms with Crippen LogP contribution in [0.2, 0.25) is 0 Å². The lowest BCUT2D eigenvalue weighted by atomic mass is 10.0. The number of carbonyl (C=O) groups excluding carboxylic acids is 1. The van der Waals surface area contributed by atoms with E-state index in [-0.39, 0.29) is 17.9 Å². The van der Waals surface area contributed by atoms with Crippen molar-refractivity contribution < 1.29 is 14.3 Å². The highest BCUT2D eigenvalue weighted by atomic mass is 16.5. The standard InChI is InChI=1S/C14H20N2O3/c1-18-7-11-4-2-3-10(5-11)6-16-14(17)12-8-19-9-13(12)15/h2-5,12-13H,6-9,15H2,1H3,(H,16,17). The van der Waals surface area contributed by atoms with E-state index in [1.54, 1.807) is 7.11 Å². The summed E-state index contributed by atoms with van der Waals surface area (Å²) in [6.45, 7) is 1.95. The third-order valence-electron chi connectivity index (χ3n) is 3.23. The average molecular weight is 264 g/mol. The van der Waals surface area contributed by atoms with E-state index in [2.05, 4.69) is 5.32 Å². The van der Waals surface area contributed by atoms with Crippen molar-refractivity contribution in [1.82, 2.24) is 5.32 Å². The zero-order chi connectivity index (χ0) is 13.7. The van der Waals surface area contributed by atoms with E-state index in [4.69, 9.17) is 15.2 Å². The van der Waals surface area contributed by atoms with Gasteiger partial charge in [-0.3, -0.25) is 4.79 Å². The molecule has 1 aliphatic rings. The summed E-state index contributed by atoms with van der Waals surface area (Å²) in [5, 5.41) is 2.90. The first-order chi connectivity index (χ1) is 9.20. The number of nitrogens with two attached hydrogens (primary N) is 1. The highest BCUT2D eigenvalue weighted by molar-refractivity contribution is 5.79. The van der Waals surface area contributed by atoms with Crippen LogP contribution in [0.3, 0.4) is 0 Å². The van der Waals surface area contributed by atoms with Gasteiger partial charge < -0.3 is 20.5 Å². The van der Waals surface area contributed by atoms with Gasteiger partial charge in [-0.05, 0) is 11.1 Å². The van der Waals surface area contributed by atoms with E-state index in [0.29, 0.717) is 26.4 Å². The molecule has 3 N–H and O–H groups in total. The number of hydrogen-bond acceptors (Lipinski definition) is 4. The molecule has 5 nitrogen and oxygen atoms in total. The van der Waals surface area contributed by atoms with E-state index in [1.807, 2.05) is 24.3 Å². The fourth-order valence-electron chi connectivity index (χ4n) is 2.16. The van der Waals surface area contributed by atoms with Gasteiger partial charge >= 0.3 is 0 Å². The number of rotatable bonds is 5. The summed E-state index contributed by atoms with van der Waals surface area (Å²) in [5.74, 6) is -0.274. The predicted octanol–water partition coefficient (Wildman–Crippen LogP) is 0.423. The minimum Gasteiger partial charge on any atom is -0.380 e. The van der Waals surface area contributed by atoms with Crippen molar-refractivity contribution in [2.75, 3.05) is 20.3 Å². The third-order valence-corrected chi connectivity index (χ3v) is 3.23. The minimum atomic E-state index is -0.234. The van der Waals surface area contributed by atoms with Crippen LogP contribution in [0.25, 0.3) is 0 Å². The van der Waals surface area contributed by atoms with Gasteiger partial charge in [0.1, 0.15) is 0 Å². The molecule has 1 saturated heterocycles. The second kappa shape index (κ2) is 6.65. The van der Waals surface area contributed by atoms with Crippen LogP contribution >= 0.6 is 0 Å². The zero-order valence-corrected chi connectivity index (χ0v) is 11.1. The molecule has 0 radical (unpaired) electrons. The lowest BCUT2D eigenvalue weighted by Gasteiger charge is -2.13. The van der Waals surface area contributed by atoms with Gasteiger partial charge in [0.2, 0.25) is 5.91 Å². The Morgan fingerprint density at radius 2 is 2.26 bits per heavy atom. The molecule has 1 aliphatic heterocycles. The van der Waals surface area contributed by atoms with E-state index in [0.717, 1.165) is 11.1 Å². The Labute approximate surface area is 113 Å². The minimum absolute atomic E-state index is 0.0397. The van der Waals surface area contributed by atoms with Crippen molar-refractivity contribution in [3.63, 3.8) is 0 Å². The van der Waals surface area contributed by atoms with Gasteiger partial charge in [0.05, 0.1) is 25.7 Å². The second-order valence-corrected chi connectivity index (χ2v) is 4.78. The molecule has 0 spiro atoms. The molecule has 5 heteroatoms. The molecule has 19 heavy (non-hydrogen) atoms. The monoisotopic (exact) mass is 264 g/mol. The molecular formula is C14H20N2O3. The summed E-state index contributed by atoms with van der Waals surface area (Å²) in [6, 6.07) is 7.76. The Morgan fingerprint density at radius 1 is 1.47 bits per heavy atom. The lowest BCUT2D eigenvalue weighted by Crippen LogP contribution is -2.40. The summed E-state index contributed by atoms with van der Waals surface area (Å²) in [7, 11) is 1.66. The van der Waals surface area contributed by atoms with Crippen LogP contribution in [0.5, 0.6) is 0 Å². The maximum atomic E-state index is 11.9. The van der Waals surface area contributed by atoms with Crippen LogP contribution < -0.4 is 11.1 Å². The van der Waals surface area contributed by atoms with Crippen molar-refractivity contribution in [2.45, 2.75) is 19.2 Å². The van der Waals surface area contributed by atoms with Crippen LogP contribution in [-0.2, 0) is 27.4 Å². The molecule has 0 bridgehead atoms. The molecule has 2 unspecified atom stereocenters. The molecule has 2 rings (SSSR count). The Hall–Kier alpha value is -1.43. The van der Waals surface area contributed by atoms with Crippen LogP contribution in [0.1, 0.15) is 11.1 Å². The molecular weight excluding hydrogens is 244 g/mol. The Bertz CT molecular complexity index is 436. The van der Waals surface area contributed by atoms with Crippen molar-refractivity contribution >= 4 is 5.91 Å². The number of carbonyl (C=O) groups is 1. The van der Waals surface area contributed by atoms with E-state index in [9.17, 15) is 4.79 Å². The third kappa shape index (κ3) is 3.76.